The van der Waals surface area contributed by atoms with E-state index in [1.54, 1.807) is 0 Å². The molecule has 0 atom stereocenters. The van der Waals surface area contributed by atoms with E-state index in [9.17, 15) is 29.5 Å². The Bertz CT molecular complexity index is 538. The third kappa shape index (κ3) is 1.59. The number of benzene rings is 1. The minimum atomic E-state index is -1.41. The zero-order valence-corrected chi connectivity index (χ0v) is 9.22. The molecule has 0 aliphatic heterocycles. The molecular formula is C11H10FNO5. The van der Waals surface area contributed by atoms with E-state index in [4.69, 9.17) is 0 Å². The molecule has 18 heavy (non-hydrogen) atoms. The molecule has 1 aromatic carbocycles. The number of carboxylic acids is 1. The largest absolute Gasteiger partial charge is 0.502 e. The highest BCUT2D eigenvalue weighted by Gasteiger charge is 2.49. The molecule has 0 unspecified atom stereocenters. The molecule has 1 aliphatic rings. The van der Waals surface area contributed by atoms with Crippen molar-refractivity contribution >= 4 is 11.7 Å². The van der Waals surface area contributed by atoms with Crippen LogP contribution < -0.4 is 0 Å². The number of hydrogen-bond donors (Lipinski definition) is 2. The van der Waals surface area contributed by atoms with Crippen LogP contribution in [-0.2, 0) is 10.2 Å². The number of nitro groups is 1. The van der Waals surface area contributed by atoms with Crippen molar-refractivity contribution in [2.24, 2.45) is 0 Å². The van der Waals surface area contributed by atoms with Crippen molar-refractivity contribution in [3.05, 3.63) is 33.6 Å². The summed E-state index contributed by atoms with van der Waals surface area (Å²) in [7, 11) is 0. The van der Waals surface area contributed by atoms with Gasteiger partial charge in [0.1, 0.15) is 5.82 Å². The number of nitrogens with zero attached hydrogens (tertiary/aromatic N) is 1. The Kier molecular flexibility index (Phi) is 2.68. The summed E-state index contributed by atoms with van der Waals surface area (Å²) in [4.78, 5) is 21.0. The highest BCUT2D eigenvalue weighted by atomic mass is 19.1. The van der Waals surface area contributed by atoms with E-state index in [2.05, 4.69) is 0 Å². The van der Waals surface area contributed by atoms with Crippen LogP contribution in [0, 0.1) is 15.9 Å². The lowest BCUT2D eigenvalue weighted by Gasteiger charge is -2.38. The standard InChI is InChI=1S/C11H10FNO5/c12-6-4-7(9(14)8(5-6)13(17)18)11(10(15)16)2-1-3-11/h4-5,14H,1-3H2,(H,15,16). The van der Waals surface area contributed by atoms with Crippen molar-refractivity contribution in [2.75, 3.05) is 0 Å². The first-order valence-corrected chi connectivity index (χ1v) is 5.29. The fraction of sp³-hybridized carbons (Fsp3) is 0.364. The molecule has 0 aromatic heterocycles. The van der Waals surface area contributed by atoms with Crippen LogP contribution in [0.5, 0.6) is 5.75 Å². The van der Waals surface area contributed by atoms with Crippen LogP contribution in [0.4, 0.5) is 10.1 Å². The third-order valence-corrected chi connectivity index (χ3v) is 3.38. The lowest BCUT2D eigenvalue weighted by atomic mass is 9.64. The number of rotatable bonds is 3. The number of halogens is 1. The molecule has 1 aliphatic carbocycles. The molecule has 2 N–H and O–H groups in total. The molecule has 7 heteroatoms. The molecule has 0 amide bonds. The molecule has 0 spiro atoms. The average Bonchev–Trinajstić information content (AvgIpc) is 2.19. The van der Waals surface area contributed by atoms with Gasteiger partial charge in [-0.2, -0.15) is 0 Å². The van der Waals surface area contributed by atoms with E-state index < -0.39 is 33.6 Å². The first-order chi connectivity index (χ1) is 8.38. The van der Waals surface area contributed by atoms with Gasteiger partial charge in [0.05, 0.1) is 16.4 Å². The highest BCUT2D eigenvalue weighted by molar-refractivity contribution is 5.84. The number of phenols is 1. The van der Waals surface area contributed by atoms with Crippen molar-refractivity contribution < 1.29 is 24.3 Å². The van der Waals surface area contributed by atoms with E-state index in [1.807, 2.05) is 0 Å². The van der Waals surface area contributed by atoms with E-state index in [0.717, 1.165) is 6.07 Å². The minimum Gasteiger partial charge on any atom is -0.502 e. The van der Waals surface area contributed by atoms with Gasteiger partial charge in [0.25, 0.3) is 0 Å². The SMILES string of the molecule is O=C(O)C1(c2cc(F)cc([N+](=O)[O-])c2O)CCC1. The number of aromatic hydroxyl groups is 1. The number of aliphatic carboxylic acids is 1. The van der Waals surface area contributed by atoms with Crippen LogP contribution in [0.1, 0.15) is 24.8 Å². The van der Waals surface area contributed by atoms with E-state index in [1.165, 1.54) is 0 Å². The Labute approximate surface area is 101 Å². The lowest BCUT2D eigenvalue weighted by molar-refractivity contribution is -0.386. The van der Waals surface area contributed by atoms with Crippen LogP contribution in [0.2, 0.25) is 0 Å². The molecule has 0 radical (unpaired) electrons. The van der Waals surface area contributed by atoms with Crippen LogP contribution in [-0.4, -0.2) is 21.1 Å². The molecule has 1 saturated carbocycles. The maximum Gasteiger partial charge on any atom is 0.314 e. The van der Waals surface area contributed by atoms with Crippen molar-refractivity contribution in [1.29, 1.82) is 0 Å². The summed E-state index contributed by atoms with van der Waals surface area (Å²) in [5.41, 5.74) is -2.43. The number of carbonyl (C=O) groups is 1. The Hall–Kier alpha value is -2.18. The fourth-order valence-corrected chi connectivity index (χ4v) is 2.22. The molecule has 0 saturated heterocycles. The Balaban J connectivity index is 2.64. The predicted molar refractivity (Wildman–Crippen MR) is 57.9 cm³/mol. The summed E-state index contributed by atoms with van der Waals surface area (Å²) in [6.45, 7) is 0. The van der Waals surface area contributed by atoms with Gasteiger partial charge in [-0.1, -0.05) is 6.42 Å². The second-order valence-corrected chi connectivity index (χ2v) is 4.32. The molecule has 2 rings (SSSR count). The van der Waals surface area contributed by atoms with Gasteiger partial charge in [0.2, 0.25) is 0 Å². The van der Waals surface area contributed by atoms with Crippen LogP contribution >= 0.6 is 0 Å². The molecular weight excluding hydrogens is 245 g/mol. The summed E-state index contributed by atoms with van der Waals surface area (Å²) in [6, 6.07) is 1.43. The van der Waals surface area contributed by atoms with Gasteiger partial charge in [0.15, 0.2) is 5.75 Å². The average molecular weight is 255 g/mol. The van der Waals surface area contributed by atoms with Crippen molar-refractivity contribution in [2.45, 2.75) is 24.7 Å². The summed E-state index contributed by atoms with van der Waals surface area (Å²) in [6.07, 6.45) is 1.09. The molecule has 0 bridgehead atoms. The van der Waals surface area contributed by atoms with Gasteiger partial charge < -0.3 is 10.2 Å². The Morgan fingerprint density at radius 3 is 2.44 bits per heavy atom. The lowest BCUT2D eigenvalue weighted by Crippen LogP contribution is -2.42. The van der Waals surface area contributed by atoms with E-state index >= 15 is 0 Å². The maximum atomic E-state index is 13.3. The predicted octanol–water partition coefficient (Wildman–Crippen LogP) is 1.95. The van der Waals surface area contributed by atoms with Gasteiger partial charge in [-0.3, -0.25) is 14.9 Å². The smallest absolute Gasteiger partial charge is 0.314 e. The van der Waals surface area contributed by atoms with Gasteiger partial charge in [-0.05, 0) is 18.9 Å². The normalized spacial score (nSPS) is 16.9. The van der Waals surface area contributed by atoms with E-state index in [-0.39, 0.29) is 18.4 Å². The number of hydrogen-bond acceptors (Lipinski definition) is 4. The fourth-order valence-electron chi connectivity index (χ4n) is 2.22. The van der Waals surface area contributed by atoms with Crippen molar-refractivity contribution in [1.82, 2.24) is 0 Å². The number of phenolic OH excluding ortho intramolecular Hbond substituents is 1. The number of nitro benzene ring substituents is 1. The topological polar surface area (TPSA) is 101 Å². The second kappa shape index (κ2) is 3.94. The molecule has 6 nitrogen and oxygen atoms in total. The summed E-state index contributed by atoms with van der Waals surface area (Å²) < 4.78 is 13.3. The molecule has 1 aromatic rings. The molecule has 96 valence electrons. The highest BCUT2D eigenvalue weighted by Crippen LogP contribution is 2.49. The minimum absolute atomic E-state index is 0.215. The maximum absolute atomic E-state index is 13.3. The second-order valence-electron chi connectivity index (χ2n) is 4.32. The summed E-state index contributed by atoms with van der Waals surface area (Å²) in [5, 5.41) is 29.6. The van der Waals surface area contributed by atoms with Crippen LogP contribution in [0.15, 0.2) is 12.1 Å². The van der Waals surface area contributed by atoms with Gasteiger partial charge >= 0.3 is 11.7 Å². The Morgan fingerprint density at radius 1 is 1.44 bits per heavy atom. The molecule has 0 heterocycles. The van der Waals surface area contributed by atoms with Crippen LogP contribution in [0.25, 0.3) is 0 Å². The van der Waals surface area contributed by atoms with E-state index in [0.29, 0.717) is 12.5 Å². The van der Waals surface area contributed by atoms with Crippen molar-refractivity contribution in [3.8, 4) is 5.75 Å². The first-order valence-electron chi connectivity index (χ1n) is 5.29. The first kappa shape index (κ1) is 12.3. The summed E-state index contributed by atoms with van der Waals surface area (Å²) in [5.74, 6) is -2.89. The van der Waals surface area contributed by atoms with Crippen LogP contribution in [0.3, 0.4) is 0 Å². The zero-order valence-electron chi connectivity index (χ0n) is 9.22. The van der Waals surface area contributed by atoms with Gasteiger partial charge in [-0.15, -0.1) is 0 Å². The van der Waals surface area contributed by atoms with Gasteiger partial charge in [0, 0.05) is 5.56 Å². The monoisotopic (exact) mass is 255 g/mol. The van der Waals surface area contributed by atoms with Gasteiger partial charge in [-0.25, -0.2) is 4.39 Å². The van der Waals surface area contributed by atoms with Crippen molar-refractivity contribution in [3.63, 3.8) is 0 Å². The summed E-state index contributed by atoms with van der Waals surface area (Å²) >= 11 is 0. The molecule has 1 fully saturated rings. The zero-order chi connectivity index (χ0) is 13.5. The number of carboxylic acid groups (broad SMARTS) is 1. The third-order valence-electron chi connectivity index (χ3n) is 3.38. The Morgan fingerprint density at radius 2 is 2.06 bits per heavy atom. The quantitative estimate of drug-likeness (QED) is 0.635.